The Balaban J connectivity index is 2.38. The summed E-state index contributed by atoms with van der Waals surface area (Å²) < 4.78 is 0. The molecule has 0 saturated carbocycles. The van der Waals surface area contributed by atoms with E-state index in [9.17, 15) is 0 Å². The largest absolute Gasteiger partial charge is 0.359 e. The molecule has 0 saturated heterocycles. The number of anilines is 2. The molecule has 1 aromatic rings. The highest BCUT2D eigenvalue weighted by Crippen LogP contribution is 2.34. The average Bonchev–Trinajstić information content (AvgIpc) is 2.71. The molecule has 1 aliphatic heterocycles. The fourth-order valence-corrected chi connectivity index (χ4v) is 4.04. The average molecular weight is 381 g/mol. The van der Waals surface area contributed by atoms with Gasteiger partial charge in [-0.3, -0.25) is 0 Å². The first-order chi connectivity index (χ1) is 13.0. The van der Waals surface area contributed by atoms with E-state index in [4.69, 9.17) is 0 Å². The monoisotopic (exact) mass is 380 g/mol. The van der Waals surface area contributed by atoms with E-state index in [-0.39, 0.29) is 5.41 Å². The van der Waals surface area contributed by atoms with Crippen molar-refractivity contribution < 1.29 is 0 Å². The molecule has 2 nitrogen and oxygen atoms in total. The van der Waals surface area contributed by atoms with Gasteiger partial charge in [-0.25, -0.2) is 0 Å². The molecule has 0 amide bonds. The van der Waals surface area contributed by atoms with E-state index < -0.39 is 0 Å². The summed E-state index contributed by atoms with van der Waals surface area (Å²) in [6.45, 7) is 23.2. The zero-order chi connectivity index (χ0) is 21.1. The summed E-state index contributed by atoms with van der Waals surface area (Å²) in [6.07, 6.45) is 7.01. The fourth-order valence-electron chi connectivity index (χ4n) is 4.04. The molecule has 0 spiro atoms. The highest BCUT2D eigenvalue weighted by molar-refractivity contribution is 5.69. The molecule has 1 aliphatic rings. The van der Waals surface area contributed by atoms with Gasteiger partial charge < -0.3 is 10.2 Å². The molecule has 1 aromatic carbocycles. The molecule has 2 heteroatoms. The Bertz CT molecular complexity index is 760. The molecule has 0 bridgehead atoms. The maximum absolute atomic E-state index is 4.26. The number of nitrogens with zero attached hydrogens (tertiary/aromatic N) is 1. The minimum atomic E-state index is 0.236. The summed E-state index contributed by atoms with van der Waals surface area (Å²) in [5, 5.41) is 3.59. The van der Waals surface area contributed by atoms with Crippen LogP contribution in [0.2, 0.25) is 0 Å². The van der Waals surface area contributed by atoms with Crippen molar-refractivity contribution in [3.63, 3.8) is 0 Å². The van der Waals surface area contributed by atoms with Gasteiger partial charge in [0.15, 0.2) is 0 Å². The Morgan fingerprint density at radius 2 is 1.71 bits per heavy atom. The van der Waals surface area contributed by atoms with Crippen molar-refractivity contribution in [1.82, 2.24) is 0 Å². The second kappa shape index (κ2) is 9.03. The summed E-state index contributed by atoms with van der Waals surface area (Å²) in [5.74, 6) is 0. The van der Waals surface area contributed by atoms with E-state index >= 15 is 0 Å². The zero-order valence-electron chi connectivity index (χ0n) is 19.4. The van der Waals surface area contributed by atoms with Crippen LogP contribution in [0, 0.1) is 19.3 Å². The van der Waals surface area contributed by atoms with Gasteiger partial charge in [0.2, 0.25) is 0 Å². The summed E-state index contributed by atoms with van der Waals surface area (Å²) in [4.78, 5) is 2.52. The Hall–Kier alpha value is -1.96. The number of hydrogen-bond donors (Lipinski definition) is 1. The Morgan fingerprint density at radius 3 is 2.25 bits per heavy atom. The number of benzene rings is 1. The van der Waals surface area contributed by atoms with Crippen LogP contribution in [0.1, 0.15) is 78.4 Å². The molecule has 0 fully saturated rings. The predicted octanol–water partition coefficient (Wildman–Crippen LogP) is 7.90. The highest BCUT2D eigenvalue weighted by Gasteiger charge is 2.19. The number of nitrogens with one attached hydrogen (secondary N) is 1. The van der Waals surface area contributed by atoms with Crippen LogP contribution in [0.3, 0.4) is 0 Å². The SMILES string of the molecule is C=C(CC(C)(C)C)Nc1c(C)cc(N2CCCCC(C)=C2C=C(C)C)cc1C. The van der Waals surface area contributed by atoms with Crippen molar-refractivity contribution in [2.24, 2.45) is 5.41 Å². The van der Waals surface area contributed by atoms with Crippen LogP contribution in [0.5, 0.6) is 0 Å². The normalized spacial score (nSPS) is 15.4. The molecule has 0 atom stereocenters. The van der Waals surface area contributed by atoms with Crippen molar-refractivity contribution in [2.75, 3.05) is 16.8 Å². The number of aryl methyl sites for hydroxylation is 2. The molecular formula is C26H40N2. The van der Waals surface area contributed by atoms with Crippen LogP contribution < -0.4 is 10.2 Å². The third-order valence-electron chi connectivity index (χ3n) is 5.21. The number of allylic oxidation sites excluding steroid dienone is 4. The first-order valence-electron chi connectivity index (χ1n) is 10.7. The lowest BCUT2D eigenvalue weighted by molar-refractivity contribution is 0.411. The van der Waals surface area contributed by atoms with Gasteiger partial charge in [-0.2, -0.15) is 0 Å². The van der Waals surface area contributed by atoms with Gasteiger partial charge in [-0.05, 0) is 101 Å². The van der Waals surface area contributed by atoms with Crippen molar-refractivity contribution >= 4 is 11.4 Å². The molecule has 28 heavy (non-hydrogen) atoms. The van der Waals surface area contributed by atoms with E-state index in [2.05, 4.69) is 90.4 Å². The lowest BCUT2D eigenvalue weighted by Crippen LogP contribution is -2.23. The van der Waals surface area contributed by atoms with E-state index in [0.29, 0.717) is 0 Å². The lowest BCUT2D eigenvalue weighted by Gasteiger charge is -2.28. The van der Waals surface area contributed by atoms with Crippen LogP contribution in [0.25, 0.3) is 0 Å². The Morgan fingerprint density at radius 1 is 1.11 bits per heavy atom. The van der Waals surface area contributed by atoms with E-state index in [1.165, 1.54) is 58.6 Å². The van der Waals surface area contributed by atoms with Gasteiger partial charge in [0, 0.05) is 29.3 Å². The maximum atomic E-state index is 4.26. The standard InChI is InChI=1S/C26H40N2/c1-18(2)14-24-19(3)12-10-11-13-28(24)23-15-20(4)25(21(5)16-23)27-22(6)17-26(7,8)9/h14-16,27H,6,10-13,17H2,1-5,7-9H3. The van der Waals surface area contributed by atoms with E-state index in [0.717, 1.165) is 18.7 Å². The maximum Gasteiger partial charge on any atom is 0.0442 e. The molecule has 2 rings (SSSR count). The zero-order valence-corrected chi connectivity index (χ0v) is 19.4. The van der Waals surface area contributed by atoms with Crippen LogP contribution in [0.4, 0.5) is 11.4 Å². The minimum absolute atomic E-state index is 0.236. The minimum Gasteiger partial charge on any atom is -0.359 e. The molecule has 0 radical (unpaired) electrons. The van der Waals surface area contributed by atoms with E-state index in [1.54, 1.807) is 0 Å². The molecule has 0 aromatic heterocycles. The van der Waals surface area contributed by atoms with Gasteiger partial charge >= 0.3 is 0 Å². The van der Waals surface area contributed by atoms with Crippen molar-refractivity contribution in [2.45, 2.75) is 81.1 Å². The van der Waals surface area contributed by atoms with Gasteiger partial charge in [-0.1, -0.05) is 32.9 Å². The van der Waals surface area contributed by atoms with Gasteiger partial charge in [0.1, 0.15) is 0 Å². The van der Waals surface area contributed by atoms with Gasteiger partial charge in [0.05, 0.1) is 0 Å². The van der Waals surface area contributed by atoms with Crippen LogP contribution >= 0.6 is 0 Å². The third-order valence-corrected chi connectivity index (χ3v) is 5.21. The molecule has 0 aliphatic carbocycles. The predicted molar refractivity (Wildman–Crippen MR) is 126 cm³/mol. The fraction of sp³-hybridized carbons (Fsp3) is 0.538. The van der Waals surface area contributed by atoms with Crippen molar-refractivity contribution in [3.05, 3.63) is 58.5 Å². The van der Waals surface area contributed by atoms with E-state index in [1.807, 2.05) is 0 Å². The Labute approximate surface area is 173 Å². The topological polar surface area (TPSA) is 15.3 Å². The van der Waals surface area contributed by atoms with Crippen LogP contribution in [-0.2, 0) is 0 Å². The lowest BCUT2D eigenvalue weighted by atomic mass is 9.90. The summed E-state index contributed by atoms with van der Waals surface area (Å²) in [6, 6.07) is 4.66. The molecule has 1 N–H and O–H groups in total. The second-order valence-electron chi connectivity index (χ2n) is 9.92. The quantitative estimate of drug-likeness (QED) is 0.558. The first kappa shape index (κ1) is 22.3. The van der Waals surface area contributed by atoms with Crippen molar-refractivity contribution in [1.29, 1.82) is 0 Å². The summed E-state index contributed by atoms with van der Waals surface area (Å²) >= 11 is 0. The summed E-state index contributed by atoms with van der Waals surface area (Å²) in [5.41, 5.74) is 10.6. The third kappa shape index (κ3) is 6.02. The second-order valence-corrected chi connectivity index (χ2v) is 9.92. The number of hydrogen-bond acceptors (Lipinski definition) is 2. The van der Waals surface area contributed by atoms with Crippen molar-refractivity contribution in [3.8, 4) is 0 Å². The molecular weight excluding hydrogens is 340 g/mol. The number of rotatable bonds is 5. The smallest absolute Gasteiger partial charge is 0.0442 e. The summed E-state index contributed by atoms with van der Waals surface area (Å²) in [7, 11) is 0. The Kier molecular flexibility index (Phi) is 7.20. The first-order valence-corrected chi connectivity index (χ1v) is 10.7. The van der Waals surface area contributed by atoms with Crippen LogP contribution in [-0.4, -0.2) is 6.54 Å². The molecule has 0 unspecified atom stereocenters. The molecule has 154 valence electrons. The highest BCUT2D eigenvalue weighted by atomic mass is 15.1. The van der Waals surface area contributed by atoms with Gasteiger partial charge in [0.25, 0.3) is 0 Å². The molecule has 1 heterocycles. The van der Waals surface area contributed by atoms with Crippen LogP contribution in [0.15, 0.2) is 47.3 Å². The van der Waals surface area contributed by atoms with Gasteiger partial charge in [-0.15, -0.1) is 0 Å².